The Morgan fingerprint density at radius 3 is 2.46 bits per heavy atom. The molecule has 2 rings (SSSR count). The van der Waals surface area contributed by atoms with Crippen molar-refractivity contribution in [2.75, 3.05) is 10.6 Å². The lowest BCUT2D eigenvalue weighted by Gasteiger charge is -2.05. The molecule has 122 valence electrons. The summed E-state index contributed by atoms with van der Waals surface area (Å²) in [6.07, 6.45) is 2.77. The molecule has 24 heavy (non-hydrogen) atoms. The quantitative estimate of drug-likeness (QED) is 0.428. The lowest BCUT2D eigenvalue weighted by Crippen LogP contribution is -2.14. The van der Waals surface area contributed by atoms with Gasteiger partial charge in [0.1, 0.15) is 17.5 Å². The number of rotatable bonds is 5. The van der Waals surface area contributed by atoms with Gasteiger partial charge in [0.2, 0.25) is 0 Å². The van der Waals surface area contributed by atoms with E-state index in [1.54, 1.807) is 30.5 Å². The molecule has 1 aromatic carbocycles. The SMILES string of the molecule is N#C/C(=C/Nc1ccccn1)C(=O)Nc1ccc(S(=O)(=O)O)cc1. The first-order valence-corrected chi connectivity index (χ1v) is 8.01. The van der Waals surface area contributed by atoms with Crippen LogP contribution in [0.25, 0.3) is 0 Å². The minimum absolute atomic E-state index is 0.195. The van der Waals surface area contributed by atoms with Crippen molar-refractivity contribution in [1.82, 2.24) is 4.98 Å². The molecule has 0 saturated carbocycles. The van der Waals surface area contributed by atoms with E-state index in [0.717, 1.165) is 12.1 Å². The Kier molecular flexibility index (Phi) is 5.26. The number of pyridine rings is 1. The van der Waals surface area contributed by atoms with Gasteiger partial charge in [-0.1, -0.05) is 6.07 Å². The largest absolute Gasteiger partial charge is 0.345 e. The standard InChI is InChI=1S/C15H12N4O4S/c16-9-11(10-18-14-3-1-2-8-17-14)15(20)19-12-4-6-13(7-5-12)24(21,22)23/h1-8,10H,(H,17,18)(H,19,20)(H,21,22,23)/b11-10-. The summed E-state index contributed by atoms with van der Waals surface area (Å²) in [5.74, 6) is -0.212. The van der Waals surface area contributed by atoms with Crippen LogP contribution in [0.4, 0.5) is 11.5 Å². The van der Waals surface area contributed by atoms with Crippen molar-refractivity contribution in [2.45, 2.75) is 4.90 Å². The van der Waals surface area contributed by atoms with Crippen molar-refractivity contribution in [3.05, 3.63) is 60.4 Å². The molecule has 0 unspecified atom stereocenters. The van der Waals surface area contributed by atoms with Crippen molar-refractivity contribution in [3.8, 4) is 6.07 Å². The van der Waals surface area contributed by atoms with Gasteiger partial charge in [0, 0.05) is 18.1 Å². The number of nitrogens with zero attached hydrogens (tertiary/aromatic N) is 2. The van der Waals surface area contributed by atoms with E-state index in [9.17, 15) is 13.2 Å². The van der Waals surface area contributed by atoms with Gasteiger partial charge in [0.15, 0.2) is 0 Å². The first-order valence-electron chi connectivity index (χ1n) is 6.57. The number of nitrogens with one attached hydrogen (secondary N) is 2. The van der Waals surface area contributed by atoms with Crippen molar-refractivity contribution in [3.63, 3.8) is 0 Å². The molecule has 3 N–H and O–H groups in total. The molecule has 0 aliphatic heterocycles. The minimum Gasteiger partial charge on any atom is -0.345 e. The number of anilines is 2. The van der Waals surface area contributed by atoms with Crippen LogP contribution in [0.2, 0.25) is 0 Å². The minimum atomic E-state index is -4.30. The third-order valence-electron chi connectivity index (χ3n) is 2.80. The number of carbonyl (C=O) groups excluding carboxylic acids is 1. The molecular formula is C15H12N4O4S. The molecule has 9 heteroatoms. The normalized spacial score (nSPS) is 11.4. The summed E-state index contributed by atoms with van der Waals surface area (Å²) in [6, 6.07) is 11.7. The molecule has 1 heterocycles. The smallest absolute Gasteiger partial charge is 0.294 e. The van der Waals surface area contributed by atoms with Crippen LogP contribution in [0.3, 0.4) is 0 Å². The first-order chi connectivity index (χ1) is 11.4. The van der Waals surface area contributed by atoms with E-state index < -0.39 is 16.0 Å². The zero-order valence-corrected chi connectivity index (χ0v) is 13.0. The number of nitriles is 1. The zero-order chi connectivity index (χ0) is 17.6. The van der Waals surface area contributed by atoms with Crippen molar-refractivity contribution >= 4 is 27.5 Å². The molecule has 2 aromatic rings. The van der Waals surface area contributed by atoms with Crippen LogP contribution in [0.1, 0.15) is 0 Å². The van der Waals surface area contributed by atoms with E-state index in [2.05, 4.69) is 15.6 Å². The van der Waals surface area contributed by atoms with E-state index in [4.69, 9.17) is 9.81 Å². The number of hydrogen-bond donors (Lipinski definition) is 3. The Morgan fingerprint density at radius 2 is 1.92 bits per heavy atom. The summed E-state index contributed by atoms with van der Waals surface area (Å²) in [7, 11) is -4.30. The average Bonchev–Trinajstić information content (AvgIpc) is 2.56. The van der Waals surface area contributed by atoms with E-state index >= 15 is 0 Å². The number of carbonyl (C=O) groups is 1. The lowest BCUT2D eigenvalue weighted by molar-refractivity contribution is -0.112. The van der Waals surface area contributed by atoms with Gasteiger partial charge in [0.25, 0.3) is 16.0 Å². The maximum absolute atomic E-state index is 12.0. The third kappa shape index (κ3) is 4.64. The van der Waals surface area contributed by atoms with E-state index in [1.165, 1.54) is 18.3 Å². The van der Waals surface area contributed by atoms with E-state index in [1.807, 2.05) is 0 Å². The fourth-order valence-electron chi connectivity index (χ4n) is 1.65. The Morgan fingerprint density at radius 1 is 1.21 bits per heavy atom. The topological polar surface area (TPSA) is 132 Å². The Bertz CT molecular complexity index is 901. The van der Waals surface area contributed by atoms with Crippen molar-refractivity contribution in [2.24, 2.45) is 0 Å². The Balaban J connectivity index is 2.08. The molecule has 1 amide bonds. The molecule has 0 radical (unpaired) electrons. The Labute approximate surface area is 138 Å². The second kappa shape index (κ2) is 7.36. The second-order valence-electron chi connectivity index (χ2n) is 4.48. The fourth-order valence-corrected chi connectivity index (χ4v) is 2.13. The lowest BCUT2D eigenvalue weighted by atomic mass is 10.2. The summed E-state index contributed by atoms with van der Waals surface area (Å²) < 4.78 is 30.8. The predicted octanol–water partition coefficient (Wildman–Crippen LogP) is 1.79. The number of amides is 1. The third-order valence-corrected chi connectivity index (χ3v) is 3.67. The maximum Gasteiger partial charge on any atom is 0.294 e. The van der Waals surface area contributed by atoms with Gasteiger partial charge in [-0.15, -0.1) is 0 Å². The maximum atomic E-state index is 12.0. The van der Waals surface area contributed by atoms with E-state index in [-0.39, 0.29) is 16.2 Å². The summed E-state index contributed by atoms with van der Waals surface area (Å²) in [6.45, 7) is 0. The highest BCUT2D eigenvalue weighted by Crippen LogP contribution is 2.14. The van der Waals surface area contributed by atoms with Crippen LogP contribution in [-0.2, 0) is 14.9 Å². The molecule has 0 spiro atoms. The monoisotopic (exact) mass is 344 g/mol. The van der Waals surface area contributed by atoms with Gasteiger partial charge in [-0.2, -0.15) is 13.7 Å². The molecule has 1 aromatic heterocycles. The Hall–Kier alpha value is -3.22. The molecule has 0 aliphatic carbocycles. The van der Waals surface area contributed by atoms with Gasteiger partial charge >= 0.3 is 0 Å². The van der Waals surface area contributed by atoms with E-state index in [0.29, 0.717) is 5.82 Å². The molecule has 0 aliphatic rings. The zero-order valence-electron chi connectivity index (χ0n) is 12.2. The van der Waals surface area contributed by atoms with Crippen LogP contribution in [0.5, 0.6) is 0 Å². The van der Waals surface area contributed by atoms with Crippen LogP contribution in [-0.4, -0.2) is 23.9 Å². The van der Waals surface area contributed by atoms with Gasteiger partial charge in [-0.25, -0.2) is 4.98 Å². The van der Waals surface area contributed by atoms with Crippen LogP contribution in [0, 0.1) is 11.3 Å². The number of benzene rings is 1. The summed E-state index contributed by atoms with van der Waals surface area (Å²) >= 11 is 0. The summed E-state index contributed by atoms with van der Waals surface area (Å²) in [5.41, 5.74) is 0.0749. The van der Waals surface area contributed by atoms with Crippen molar-refractivity contribution in [1.29, 1.82) is 5.26 Å². The number of aromatic nitrogens is 1. The highest BCUT2D eigenvalue weighted by molar-refractivity contribution is 7.85. The highest BCUT2D eigenvalue weighted by Gasteiger charge is 2.12. The predicted molar refractivity (Wildman–Crippen MR) is 86.4 cm³/mol. The second-order valence-corrected chi connectivity index (χ2v) is 5.90. The fraction of sp³-hybridized carbons (Fsp3) is 0. The summed E-state index contributed by atoms with van der Waals surface area (Å²) in [5, 5.41) is 14.2. The van der Waals surface area contributed by atoms with Gasteiger partial charge in [0.05, 0.1) is 4.90 Å². The van der Waals surface area contributed by atoms with Crippen LogP contribution >= 0.6 is 0 Å². The molecule has 0 bridgehead atoms. The molecular weight excluding hydrogens is 332 g/mol. The van der Waals surface area contributed by atoms with Gasteiger partial charge < -0.3 is 10.6 Å². The highest BCUT2D eigenvalue weighted by atomic mass is 32.2. The molecule has 0 atom stereocenters. The van der Waals surface area contributed by atoms with Crippen LogP contribution in [0.15, 0.2) is 65.3 Å². The van der Waals surface area contributed by atoms with Crippen molar-refractivity contribution < 1.29 is 17.8 Å². The molecule has 8 nitrogen and oxygen atoms in total. The molecule has 0 fully saturated rings. The van der Waals surface area contributed by atoms with Gasteiger partial charge in [-0.3, -0.25) is 9.35 Å². The summed E-state index contributed by atoms with van der Waals surface area (Å²) in [4.78, 5) is 15.7. The molecule has 0 saturated heterocycles. The van der Waals surface area contributed by atoms with Gasteiger partial charge in [-0.05, 0) is 36.4 Å². The van der Waals surface area contributed by atoms with Crippen LogP contribution < -0.4 is 10.6 Å². The first kappa shape index (κ1) is 17.1. The number of hydrogen-bond acceptors (Lipinski definition) is 6. The average molecular weight is 344 g/mol.